The number of benzene rings is 1. The average Bonchev–Trinajstić information content (AvgIpc) is 2.71. The standard InChI is InChI=1S/C11H10BrFN2S/c1-2-14-11-15-6-10(16-11)8-5-7(13)3-4-9(8)12/h3-6H,2H2,1H3,(H,14,15). The van der Waals surface area contributed by atoms with Crippen LogP contribution in [0.15, 0.2) is 28.9 Å². The molecule has 0 spiro atoms. The molecule has 0 bridgehead atoms. The predicted octanol–water partition coefficient (Wildman–Crippen LogP) is 4.14. The molecule has 16 heavy (non-hydrogen) atoms. The first-order valence-corrected chi connectivity index (χ1v) is 6.46. The summed E-state index contributed by atoms with van der Waals surface area (Å²) in [5.41, 5.74) is 0.835. The first kappa shape index (κ1) is 11.5. The Hall–Kier alpha value is -0.940. The van der Waals surface area contributed by atoms with Gasteiger partial charge in [0.25, 0.3) is 0 Å². The zero-order valence-electron chi connectivity index (χ0n) is 8.63. The minimum Gasteiger partial charge on any atom is -0.362 e. The molecule has 0 aliphatic rings. The topological polar surface area (TPSA) is 24.9 Å². The highest BCUT2D eigenvalue weighted by Gasteiger charge is 2.08. The van der Waals surface area contributed by atoms with Gasteiger partial charge in [-0.3, -0.25) is 0 Å². The maximum atomic E-state index is 13.1. The third-order valence-corrected chi connectivity index (χ3v) is 3.71. The van der Waals surface area contributed by atoms with Crippen molar-refractivity contribution in [1.82, 2.24) is 4.98 Å². The summed E-state index contributed by atoms with van der Waals surface area (Å²) in [6, 6.07) is 4.64. The minimum atomic E-state index is -0.239. The third-order valence-electron chi connectivity index (χ3n) is 2.03. The lowest BCUT2D eigenvalue weighted by molar-refractivity contribution is 0.628. The Bertz CT molecular complexity index is 498. The van der Waals surface area contributed by atoms with E-state index in [0.717, 1.165) is 26.6 Å². The molecule has 0 amide bonds. The van der Waals surface area contributed by atoms with Gasteiger partial charge in [0.05, 0.1) is 4.88 Å². The molecule has 84 valence electrons. The fraction of sp³-hybridized carbons (Fsp3) is 0.182. The summed E-state index contributed by atoms with van der Waals surface area (Å²) in [6.45, 7) is 2.84. The number of hydrogen-bond acceptors (Lipinski definition) is 3. The van der Waals surface area contributed by atoms with Crippen LogP contribution in [0.3, 0.4) is 0 Å². The van der Waals surface area contributed by atoms with Gasteiger partial charge in [-0.05, 0) is 25.1 Å². The second-order valence-electron chi connectivity index (χ2n) is 3.18. The molecule has 0 unspecified atom stereocenters. The molecule has 2 rings (SSSR count). The number of rotatable bonds is 3. The van der Waals surface area contributed by atoms with E-state index in [0.29, 0.717) is 0 Å². The Morgan fingerprint density at radius 1 is 1.50 bits per heavy atom. The maximum Gasteiger partial charge on any atom is 0.183 e. The second-order valence-corrected chi connectivity index (χ2v) is 5.07. The normalized spacial score (nSPS) is 10.4. The highest BCUT2D eigenvalue weighted by Crippen LogP contribution is 2.34. The summed E-state index contributed by atoms with van der Waals surface area (Å²) < 4.78 is 14.0. The molecule has 0 saturated carbocycles. The van der Waals surface area contributed by atoms with E-state index in [9.17, 15) is 4.39 Å². The SMILES string of the molecule is CCNc1ncc(-c2cc(F)ccc2Br)s1. The maximum absolute atomic E-state index is 13.1. The molecular formula is C11H10BrFN2S. The van der Waals surface area contributed by atoms with E-state index in [1.807, 2.05) is 6.92 Å². The largest absolute Gasteiger partial charge is 0.362 e. The summed E-state index contributed by atoms with van der Waals surface area (Å²) in [5, 5.41) is 3.99. The molecule has 5 heteroatoms. The van der Waals surface area contributed by atoms with Crippen LogP contribution in [0.2, 0.25) is 0 Å². The first-order chi connectivity index (χ1) is 7.70. The van der Waals surface area contributed by atoms with E-state index >= 15 is 0 Å². The van der Waals surface area contributed by atoms with Crippen LogP contribution in [0.1, 0.15) is 6.92 Å². The molecule has 0 fully saturated rings. The fourth-order valence-electron chi connectivity index (χ4n) is 1.32. The number of aromatic nitrogens is 1. The van der Waals surface area contributed by atoms with Crippen molar-refractivity contribution in [2.75, 3.05) is 11.9 Å². The summed E-state index contributed by atoms with van der Waals surface area (Å²) in [5.74, 6) is -0.239. The molecule has 1 heterocycles. The van der Waals surface area contributed by atoms with Crippen molar-refractivity contribution in [3.05, 3.63) is 34.7 Å². The summed E-state index contributed by atoms with van der Waals surface area (Å²) in [6.07, 6.45) is 1.75. The van der Waals surface area contributed by atoms with Crippen LogP contribution in [0.25, 0.3) is 10.4 Å². The highest BCUT2D eigenvalue weighted by atomic mass is 79.9. The number of nitrogens with zero attached hydrogens (tertiary/aromatic N) is 1. The lowest BCUT2D eigenvalue weighted by atomic mass is 10.2. The van der Waals surface area contributed by atoms with E-state index in [1.54, 1.807) is 12.3 Å². The molecule has 0 atom stereocenters. The van der Waals surface area contributed by atoms with Crippen LogP contribution < -0.4 is 5.32 Å². The van der Waals surface area contributed by atoms with Crippen LogP contribution >= 0.6 is 27.3 Å². The van der Waals surface area contributed by atoms with E-state index in [4.69, 9.17) is 0 Å². The van der Waals surface area contributed by atoms with Crippen molar-refractivity contribution in [3.63, 3.8) is 0 Å². The molecule has 2 nitrogen and oxygen atoms in total. The van der Waals surface area contributed by atoms with Crippen molar-refractivity contribution < 1.29 is 4.39 Å². The molecule has 1 aromatic carbocycles. The molecular weight excluding hydrogens is 291 g/mol. The Labute approximate surface area is 106 Å². The Kier molecular flexibility index (Phi) is 3.56. The number of nitrogens with one attached hydrogen (secondary N) is 1. The first-order valence-electron chi connectivity index (χ1n) is 4.86. The molecule has 1 N–H and O–H groups in total. The Balaban J connectivity index is 2.38. The monoisotopic (exact) mass is 300 g/mol. The highest BCUT2D eigenvalue weighted by molar-refractivity contribution is 9.10. The smallest absolute Gasteiger partial charge is 0.183 e. The molecule has 0 saturated heterocycles. The van der Waals surface area contributed by atoms with Crippen LogP contribution in [-0.4, -0.2) is 11.5 Å². The minimum absolute atomic E-state index is 0.239. The van der Waals surface area contributed by atoms with E-state index in [-0.39, 0.29) is 5.82 Å². The van der Waals surface area contributed by atoms with Crippen LogP contribution in [0, 0.1) is 5.82 Å². The third kappa shape index (κ3) is 2.41. The fourth-order valence-corrected chi connectivity index (χ4v) is 2.82. The lowest BCUT2D eigenvalue weighted by Crippen LogP contribution is -1.94. The van der Waals surface area contributed by atoms with Crippen molar-refractivity contribution >= 4 is 32.4 Å². The van der Waals surface area contributed by atoms with Crippen molar-refractivity contribution in [1.29, 1.82) is 0 Å². The van der Waals surface area contributed by atoms with Crippen molar-refractivity contribution in [3.8, 4) is 10.4 Å². The molecule has 0 aliphatic heterocycles. The van der Waals surface area contributed by atoms with Crippen molar-refractivity contribution in [2.45, 2.75) is 6.92 Å². The van der Waals surface area contributed by atoms with Gasteiger partial charge in [-0.1, -0.05) is 27.3 Å². The Morgan fingerprint density at radius 2 is 2.31 bits per heavy atom. The van der Waals surface area contributed by atoms with Crippen LogP contribution in [0.5, 0.6) is 0 Å². The number of anilines is 1. The zero-order chi connectivity index (χ0) is 11.5. The number of halogens is 2. The quantitative estimate of drug-likeness (QED) is 0.921. The van der Waals surface area contributed by atoms with Crippen LogP contribution in [0.4, 0.5) is 9.52 Å². The zero-order valence-corrected chi connectivity index (χ0v) is 11.0. The van der Waals surface area contributed by atoms with E-state index in [1.165, 1.54) is 23.5 Å². The lowest BCUT2D eigenvalue weighted by Gasteiger charge is -2.00. The molecule has 2 aromatic rings. The summed E-state index contributed by atoms with van der Waals surface area (Å²) >= 11 is 4.92. The van der Waals surface area contributed by atoms with Gasteiger partial charge in [0, 0.05) is 22.8 Å². The van der Waals surface area contributed by atoms with E-state index < -0.39 is 0 Å². The molecule has 0 radical (unpaired) electrons. The van der Waals surface area contributed by atoms with Crippen LogP contribution in [-0.2, 0) is 0 Å². The van der Waals surface area contributed by atoms with Gasteiger partial charge in [-0.2, -0.15) is 0 Å². The van der Waals surface area contributed by atoms with Gasteiger partial charge in [0.1, 0.15) is 5.82 Å². The van der Waals surface area contributed by atoms with E-state index in [2.05, 4.69) is 26.2 Å². The van der Waals surface area contributed by atoms with Crippen molar-refractivity contribution in [2.24, 2.45) is 0 Å². The van der Waals surface area contributed by atoms with Gasteiger partial charge in [-0.25, -0.2) is 9.37 Å². The summed E-state index contributed by atoms with van der Waals surface area (Å²) in [4.78, 5) is 5.16. The van der Waals surface area contributed by atoms with Gasteiger partial charge >= 0.3 is 0 Å². The van der Waals surface area contributed by atoms with Gasteiger partial charge < -0.3 is 5.32 Å². The van der Waals surface area contributed by atoms with Gasteiger partial charge in [0.2, 0.25) is 0 Å². The Morgan fingerprint density at radius 3 is 3.06 bits per heavy atom. The summed E-state index contributed by atoms with van der Waals surface area (Å²) in [7, 11) is 0. The second kappa shape index (κ2) is 4.93. The van der Waals surface area contributed by atoms with Gasteiger partial charge in [-0.15, -0.1) is 0 Å². The van der Waals surface area contributed by atoms with Gasteiger partial charge in [0.15, 0.2) is 5.13 Å². The predicted molar refractivity (Wildman–Crippen MR) is 69.4 cm³/mol. The molecule has 1 aromatic heterocycles. The number of hydrogen-bond donors (Lipinski definition) is 1. The molecule has 0 aliphatic carbocycles. The average molecular weight is 301 g/mol. The number of thiazole rings is 1.